The molecular formula is C7H7FN2O3S2. The first kappa shape index (κ1) is 10.5. The van der Waals surface area contributed by atoms with Crippen LogP contribution in [0.2, 0.25) is 0 Å². The highest BCUT2D eigenvalue weighted by Gasteiger charge is 2.39. The molecule has 1 aromatic heterocycles. The van der Waals surface area contributed by atoms with Crippen molar-refractivity contribution in [3.8, 4) is 0 Å². The fraction of sp³-hybridized carbons (Fsp3) is 0.429. The summed E-state index contributed by atoms with van der Waals surface area (Å²) in [5.74, 6) is -0.406. The summed E-state index contributed by atoms with van der Waals surface area (Å²) in [4.78, 5) is 16.5. The second-order valence-corrected chi connectivity index (χ2v) is 5.61. The van der Waals surface area contributed by atoms with E-state index in [1.165, 1.54) is 22.4 Å². The summed E-state index contributed by atoms with van der Waals surface area (Å²) in [6.07, 6.45) is 1.20. The number of rotatable bonds is 2. The van der Waals surface area contributed by atoms with Crippen molar-refractivity contribution < 1.29 is 17.1 Å². The fourth-order valence-electron chi connectivity index (χ4n) is 1.40. The lowest BCUT2D eigenvalue weighted by atomic mass is 10.4. The third-order valence-corrected chi connectivity index (χ3v) is 4.04. The van der Waals surface area contributed by atoms with Crippen molar-refractivity contribution in [2.24, 2.45) is 0 Å². The second kappa shape index (κ2) is 3.53. The number of carbonyl (C=O) groups is 1. The number of nitrogens with zero attached hydrogens (tertiary/aromatic N) is 2. The Morgan fingerprint density at radius 3 is 2.80 bits per heavy atom. The number of carbonyl (C=O) groups excluding carboxylic acids is 1. The topological polar surface area (TPSA) is 67.3 Å². The Balaban J connectivity index is 2.23. The molecule has 5 nitrogen and oxygen atoms in total. The van der Waals surface area contributed by atoms with Crippen molar-refractivity contribution in [2.45, 2.75) is 11.7 Å². The van der Waals surface area contributed by atoms with E-state index in [0.29, 0.717) is 5.13 Å². The maximum Gasteiger partial charge on any atom is 0.307 e. The molecule has 2 rings (SSSR count). The lowest BCUT2D eigenvalue weighted by Crippen LogP contribution is -2.26. The quantitative estimate of drug-likeness (QED) is 0.719. The molecule has 1 unspecified atom stereocenters. The van der Waals surface area contributed by atoms with Crippen molar-refractivity contribution in [3.05, 3.63) is 11.6 Å². The van der Waals surface area contributed by atoms with E-state index >= 15 is 0 Å². The van der Waals surface area contributed by atoms with E-state index in [1.807, 2.05) is 0 Å². The zero-order valence-corrected chi connectivity index (χ0v) is 9.09. The van der Waals surface area contributed by atoms with Crippen LogP contribution in [-0.2, 0) is 15.0 Å². The minimum atomic E-state index is -4.65. The summed E-state index contributed by atoms with van der Waals surface area (Å²) in [6.45, 7) is -0.148. The van der Waals surface area contributed by atoms with Crippen LogP contribution in [0.25, 0.3) is 0 Å². The summed E-state index contributed by atoms with van der Waals surface area (Å²) in [5, 5.41) is 0.819. The predicted molar refractivity (Wildman–Crippen MR) is 52.9 cm³/mol. The summed E-state index contributed by atoms with van der Waals surface area (Å²) in [7, 11) is -4.65. The molecule has 0 saturated carbocycles. The van der Waals surface area contributed by atoms with Crippen molar-refractivity contribution in [2.75, 3.05) is 11.4 Å². The van der Waals surface area contributed by atoms with E-state index in [-0.39, 0.29) is 13.0 Å². The molecule has 8 heteroatoms. The maximum absolute atomic E-state index is 12.7. The molecular weight excluding hydrogens is 243 g/mol. The predicted octanol–water partition coefficient (Wildman–Crippen LogP) is 0.548. The van der Waals surface area contributed by atoms with Gasteiger partial charge in [-0.3, -0.25) is 9.69 Å². The van der Waals surface area contributed by atoms with Crippen molar-refractivity contribution >= 4 is 32.6 Å². The first-order chi connectivity index (χ1) is 6.98. The average Bonchev–Trinajstić information content (AvgIpc) is 2.69. The van der Waals surface area contributed by atoms with Crippen LogP contribution in [0.1, 0.15) is 6.42 Å². The van der Waals surface area contributed by atoms with Gasteiger partial charge in [-0.15, -0.1) is 15.2 Å². The maximum atomic E-state index is 12.7. The molecule has 1 saturated heterocycles. The molecule has 1 amide bonds. The average molecular weight is 250 g/mol. The number of hydrogen-bond acceptors (Lipinski definition) is 5. The van der Waals surface area contributed by atoms with Gasteiger partial charge in [0.05, 0.1) is 0 Å². The van der Waals surface area contributed by atoms with Crippen LogP contribution >= 0.6 is 11.3 Å². The molecule has 1 aromatic rings. The third-order valence-electron chi connectivity index (χ3n) is 2.14. The Morgan fingerprint density at radius 2 is 2.33 bits per heavy atom. The van der Waals surface area contributed by atoms with Crippen LogP contribution in [-0.4, -0.2) is 31.1 Å². The van der Waals surface area contributed by atoms with Gasteiger partial charge in [0.1, 0.15) is 5.25 Å². The summed E-state index contributed by atoms with van der Waals surface area (Å²) in [5.41, 5.74) is 0. The molecule has 1 aliphatic rings. The zero-order valence-electron chi connectivity index (χ0n) is 7.46. The Labute approximate surface area is 89.8 Å². The first-order valence-electron chi connectivity index (χ1n) is 4.12. The SMILES string of the molecule is O=C1CC(S(=O)(=O)F)CN1c1nccs1. The van der Waals surface area contributed by atoms with Gasteiger partial charge in [-0.05, 0) is 0 Å². The number of halogens is 1. The van der Waals surface area contributed by atoms with Gasteiger partial charge in [0, 0.05) is 24.5 Å². The number of thiazole rings is 1. The molecule has 0 spiro atoms. The Bertz CT molecular complexity index is 470. The number of anilines is 1. The monoisotopic (exact) mass is 250 g/mol. The zero-order chi connectivity index (χ0) is 11.1. The van der Waals surface area contributed by atoms with Gasteiger partial charge in [-0.25, -0.2) is 4.98 Å². The normalized spacial score (nSPS) is 22.3. The van der Waals surface area contributed by atoms with Crippen molar-refractivity contribution in [3.63, 3.8) is 0 Å². The summed E-state index contributed by atoms with van der Waals surface area (Å²) >= 11 is 1.21. The van der Waals surface area contributed by atoms with Crippen LogP contribution in [0.4, 0.5) is 9.02 Å². The molecule has 2 heterocycles. The van der Waals surface area contributed by atoms with Gasteiger partial charge in [-0.1, -0.05) is 0 Å². The van der Waals surface area contributed by atoms with E-state index in [9.17, 15) is 17.1 Å². The standard InChI is InChI=1S/C7H7FN2O3S2/c8-15(12,13)5-3-6(11)10(4-5)7-9-1-2-14-7/h1-2,5H,3-4H2. The van der Waals surface area contributed by atoms with Gasteiger partial charge in [0.15, 0.2) is 5.13 Å². The Kier molecular flexibility index (Phi) is 2.47. The highest BCUT2D eigenvalue weighted by Crippen LogP contribution is 2.26. The largest absolute Gasteiger partial charge is 0.307 e. The van der Waals surface area contributed by atoms with Crippen molar-refractivity contribution in [1.82, 2.24) is 4.98 Å². The fourth-order valence-corrected chi connectivity index (χ4v) is 2.74. The number of amides is 1. The molecule has 15 heavy (non-hydrogen) atoms. The van der Waals surface area contributed by atoms with E-state index in [0.717, 1.165) is 0 Å². The van der Waals surface area contributed by atoms with Gasteiger partial charge >= 0.3 is 10.2 Å². The molecule has 0 N–H and O–H groups in total. The molecule has 1 atom stereocenters. The molecule has 82 valence electrons. The first-order valence-corrected chi connectivity index (χ1v) is 6.44. The molecule has 0 bridgehead atoms. The van der Waals surface area contributed by atoms with E-state index in [4.69, 9.17) is 0 Å². The van der Waals surface area contributed by atoms with Crippen LogP contribution in [0.3, 0.4) is 0 Å². The Morgan fingerprint density at radius 1 is 1.60 bits per heavy atom. The van der Waals surface area contributed by atoms with E-state index in [2.05, 4.69) is 4.98 Å². The minimum absolute atomic E-state index is 0.148. The number of aromatic nitrogens is 1. The van der Waals surface area contributed by atoms with Crippen LogP contribution in [0.15, 0.2) is 11.6 Å². The Hall–Kier alpha value is -1.02. The summed E-state index contributed by atoms with van der Waals surface area (Å²) in [6, 6.07) is 0. The van der Waals surface area contributed by atoms with Gasteiger partial charge in [0.25, 0.3) is 0 Å². The minimum Gasteiger partial charge on any atom is -0.287 e. The molecule has 0 radical (unpaired) electrons. The second-order valence-electron chi connectivity index (χ2n) is 3.12. The number of hydrogen-bond donors (Lipinski definition) is 0. The van der Waals surface area contributed by atoms with Crippen LogP contribution in [0.5, 0.6) is 0 Å². The molecule has 1 aliphatic heterocycles. The lowest BCUT2D eigenvalue weighted by molar-refractivity contribution is -0.117. The van der Waals surface area contributed by atoms with E-state index in [1.54, 1.807) is 5.38 Å². The lowest BCUT2D eigenvalue weighted by Gasteiger charge is -2.10. The van der Waals surface area contributed by atoms with Gasteiger partial charge in [-0.2, -0.15) is 8.42 Å². The van der Waals surface area contributed by atoms with Crippen molar-refractivity contribution in [1.29, 1.82) is 0 Å². The van der Waals surface area contributed by atoms with E-state index < -0.39 is 21.4 Å². The highest BCUT2D eigenvalue weighted by atomic mass is 32.3. The molecule has 1 fully saturated rings. The molecule has 0 aromatic carbocycles. The highest BCUT2D eigenvalue weighted by molar-refractivity contribution is 7.87. The smallest absolute Gasteiger partial charge is 0.287 e. The summed E-state index contributed by atoms with van der Waals surface area (Å²) < 4.78 is 33.9. The third kappa shape index (κ3) is 2.00. The van der Waals surface area contributed by atoms with Gasteiger partial charge in [0.2, 0.25) is 5.91 Å². The van der Waals surface area contributed by atoms with Crippen LogP contribution in [0, 0.1) is 0 Å². The van der Waals surface area contributed by atoms with Crippen LogP contribution < -0.4 is 4.90 Å². The molecule has 0 aliphatic carbocycles. The van der Waals surface area contributed by atoms with Gasteiger partial charge < -0.3 is 0 Å².